The largest absolute Gasteiger partial charge is 0.465 e. The number of aromatic nitrogens is 3. The number of hydrogen-bond donors (Lipinski definition) is 1. The number of aryl methyl sites for hydroxylation is 1. The van der Waals surface area contributed by atoms with Crippen molar-refractivity contribution in [2.75, 3.05) is 18.2 Å². The number of thiophene rings is 1. The summed E-state index contributed by atoms with van der Waals surface area (Å²) in [6.07, 6.45) is 10.1. The minimum Gasteiger partial charge on any atom is -0.465 e. The van der Waals surface area contributed by atoms with Crippen LogP contribution < -0.4 is 5.32 Å². The maximum atomic E-state index is 12.7. The molecule has 1 amide bonds. The van der Waals surface area contributed by atoms with E-state index in [1.54, 1.807) is 0 Å². The first-order chi connectivity index (χ1) is 15.1. The molecule has 0 aliphatic heterocycles. The Morgan fingerprint density at radius 2 is 1.94 bits per heavy atom. The van der Waals surface area contributed by atoms with Gasteiger partial charge in [0, 0.05) is 17.3 Å². The van der Waals surface area contributed by atoms with Crippen LogP contribution in [0.25, 0.3) is 0 Å². The molecule has 9 heteroatoms. The number of carbonyl (C=O) groups is 2. The topological polar surface area (TPSA) is 86.1 Å². The maximum Gasteiger partial charge on any atom is 0.341 e. The zero-order valence-corrected chi connectivity index (χ0v) is 19.9. The van der Waals surface area contributed by atoms with Crippen molar-refractivity contribution in [3.8, 4) is 0 Å². The number of hydrogen-bond acceptors (Lipinski definition) is 7. The lowest BCUT2D eigenvalue weighted by Gasteiger charge is -2.21. The van der Waals surface area contributed by atoms with Crippen molar-refractivity contribution in [1.82, 2.24) is 14.8 Å². The molecule has 1 saturated carbocycles. The Labute approximate surface area is 191 Å². The molecule has 0 radical (unpaired) electrons. The van der Waals surface area contributed by atoms with Crippen LogP contribution in [0.2, 0.25) is 0 Å². The summed E-state index contributed by atoms with van der Waals surface area (Å²) < 4.78 is 7.14. The zero-order chi connectivity index (χ0) is 21.8. The minimum atomic E-state index is -0.370. The number of thioether (sulfide) groups is 1. The van der Waals surface area contributed by atoms with E-state index in [2.05, 4.69) is 27.0 Å². The second-order valence-electron chi connectivity index (χ2n) is 8.16. The van der Waals surface area contributed by atoms with Crippen LogP contribution in [0.5, 0.6) is 0 Å². The molecule has 2 aliphatic carbocycles. The second kappa shape index (κ2) is 10.2. The highest BCUT2D eigenvalue weighted by Crippen LogP contribution is 2.39. The van der Waals surface area contributed by atoms with Crippen molar-refractivity contribution in [1.29, 1.82) is 0 Å². The van der Waals surface area contributed by atoms with Gasteiger partial charge in [0.2, 0.25) is 5.91 Å². The number of carbonyl (C=O) groups excluding carboxylic acids is 2. The van der Waals surface area contributed by atoms with Gasteiger partial charge >= 0.3 is 5.97 Å². The van der Waals surface area contributed by atoms with Crippen molar-refractivity contribution in [2.45, 2.75) is 82.3 Å². The molecule has 0 atom stereocenters. The summed E-state index contributed by atoms with van der Waals surface area (Å²) in [5.74, 6) is 1.25. The fourth-order valence-electron chi connectivity index (χ4n) is 4.63. The summed E-state index contributed by atoms with van der Waals surface area (Å²) in [5.41, 5.74) is 1.59. The average molecular weight is 463 g/mol. The molecular formula is C22H30N4O3S2. The van der Waals surface area contributed by atoms with Gasteiger partial charge in [-0.2, -0.15) is 0 Å². The number of esters is 1. The number of rotatable bonds is 7. The van der Waals surface area contributed by atoms with E-state index in [1.165, 1.54) is 67.2 Å². The van der Waals surface area contributed by atoms with Gasteiger partial charge in [-0.15, -0.1) is 21.5 Å². The third-order valence-corrected chi connectivity index (χ3v) is 8.35. The minimum absolute atomic E-state index is 0.140. The Balaban J connectivity index is 1.44. The number of anilines is 1. The molecule has 2 aromatic heterocycles. The molecule has 0 unspecified atom stereocenters. The summed E-state index contributed by atoms with van der Waals surface area (Å²) >= 11 is 2.92. The Kier molecular flexibility index (Phi) is 7.32. The lowest BCUT2D eigenvalue weighted by atomic mass is 9.89. The Hall–Kier alpha value is -1.87. The first-order valence-electron chi connectivity index (χ1n) is 11.2. The van der Waals surface area contributed by atoms with E-state index in [9.17, 15) is 9.59 Å². The van der Waals surface area contributed by atoms with Gasteiger partial charge in [-0.3, -0.25) is 4.79 Å². The summed E-state index contributed by atoms with van der Waals surface area (Å²) in [6, 6.07) is 0. The van der Waals surface area contributed by atoms with Crippen LogP contribution >= 0.6 is 23.1 Å². The predicted molar refractivity (Wildman–Crippen MR) is 123 cm³/mol. The number of nitrogens with one attached hydrogen (secondary N) is 1. The standard InChI is InChI=1S/C22H30N4O3S2/c1-3-26-19(14-9-5-4-6-10-14)24-25-22(26)30-13-17(27)23-20-18(21(28)29-2)15-11-7-8-12-16(15)31-20/h14H,3-13H2,1-2H3,(H,23,27). The summed E-state index contributed by atoms with van der Waals surface area (Å²) in [5, 5.41) is 13.2. The number of fused-ring (bicyclic) bond motifs is 1. The van der Waals surface area contributed by atoms with Gasteiger partial charge in [-0.25, -0.2) is 4.79 Å². The molecule has 1 N–H and O–H groups in total. The highest BCUT2D eigenvalue weighted by atomic mass is 32.2. The van der Waals surface area contributed by atoms with Crippen LogP contribution in [-0.2, 0) is 28.9 Å². The lowest BCUT2D eigenvalue weighted by Crippen LogP contribution is -2.17. The van der Waals surface area contributed by atoms with Gasteiger partial charge in [0.05, 0.1) is 18.4 Å². The van der Waals surface area contributed by atoms with Gasteiger partial charge < -0.3 is 14.6 Å². The van der Waals surface area contributed by atoms with E-state index < -0.39 is 0 Å². The van der Waals surface area contributed by atoms with E-state index in [0.717, 1.165) is 48.8 Å². The van der Waals surface area contributed by atoms with Crippen LogP contribution in [0.1, 0.15) is 84.4 Å². The Bertz CT molecular complexity index is 947. The van der Waals surface area contributed by atoms with Crippen LogP contribution in [0, 0.1) is 0 Å². The Morgan fingerprint density at radius 3 is 2.68 bits per heavy atom. The third kappa shape index (κ3) is 4.82. The van der Waals surface area contributed by atoms with Gasteiger partial charge in [0.1, 0.15) is 10.8 Å². The van der Waals surface area contributed by atoms with Crippen LogP contribution in [-0.4, -0.2) is 39.5 Å². The van der Waals surface area contributed by atoms with Gasteiger partial charge in [-0.05, 0) is 51.0 Å². The molecule has 2 aliphatic rings. The fraction of sp³-hybridized carbons (Fsp3) is 0.636. The van der Waals surface area contributed by atoms with E-state index in [-0.39, 0.29) is 17.6 Å². The summed E-state index contributed by atoms with van der Waals surface area (Å²) in [4.78, 5) is 26.3. The van der Waals surface area contributed by atoms with Crippen LogP contribution in [0.15, 0.2) is 5.16 Å². The molecule has 0 aromatic carbocycles. The predicted octanol–water partition coefficient (Wildman–Crippen LogP) is 4.80. The molecule has 0 bridgehead atoms. The molecule has 0 spiro atoms. The number of nitrogens with zero attached hydrogens (tertiary/aromatic N) is 3. The van der Waals surface area contributed by atoms with E-state index in [4.69, 9.17) is 4.74 Å². The second-order valence-corrected chi connectivity index (χ2v) is 10.2. The third-order valence-electron chi connectivity index (χ3n) is 6.18. The van der Waals surface area contributed by atoms with Crippen molar-refractivity contribution in [3.05, 3.63) is 21.8 Å². The molecule has 2 heterocycles. The monoisotopic (exact) mass is 462 g/mol. The molecule has 4 rings (SSSR count). The normalized spacial score (nSPS) is 16.7. The molecular weight excluding hydrogens is 432 g/mol. The molecule has 7 nitrogen and oxygen atoms in total. The van der Waals surface area contributed by atoms with Gasteiger partial charge in [-0.1, -0.05) is 31.0 Å². The van der Waals surface area contributed by atoms with Crippen molar-refractivity contribution < 1.29 is 14.3 Å². The van der Waals surface area contributed by atoms with E-state index >= 15 is 0 Å². The van der Waals surface area contributed by atoms with Crippen LogP contribution in [0.4, 0.5) is 5.00 Å². The van der Waals surface area contributed by atoms with E-state index in [0.29, 0.717) is 16.5 Å². The molecule has 1 fully saturated rings. The van der Waals surface area contributed by atoms with Crippen molar-refractivity contribution in [3.63, 3.8) is 0 Å². The number of amides is 1. The molecule has 31 heavy (non-hydrogen) atoms. The number of ether oxygens (including phenoxy) is 1. The molecule has 2 aromatic rings. The summed E-state index contributed by atoms with van der Waals surface area (Å²) in [6.45, 7) is 2.89. The molecule has 0 saturated heterocycles. The van der Waals surface area contributed by atoms with Crippen LogP contribution in [0.3, 0.4) is 0 Å². The molecule has 168 valence electrons. The summed E-state index contributed by atoms with van der Waals surface area (Å²) in [7, 11) is 1.39. The highest BCUT2D eigenvalue weighted by Gasteiger charge is 2.27. The van der Waals surface area contributed by atoms with Crippen molar-refractivity contribution in [2.24, 2.45) is 0 Å². The first-order valence-corrected chi connectivity index (χ1v) is 13.0. The first kappa shape index (κ1) is 22.3. The highest BCUT2D eigenvalue weighted by molar-refractivity contribution is 7.99. The fourth-order valence-corrected chi connectivity index (χ4v) is 6.73. The number of methoxy groups -OCH3 is 1. The van der Waals surface area contributed by atoms with E-state index in [1.807, 2.05) is 0 Å². The zero-order valence-electron chi connectivity index (χ0n) is 18.2. The van der Waals surface area contributed by atoms with Gasteiger partial charge in [0.25, 0.3) is 0 Å². The SMILES string of the molecule is CCn1c(SCC(=O)Nc2sc3c(c2C(=O)OC)CCCC3)nnc1C1CCCCC1. The quantitative estimate of drug-likeness (QED) is 0.470. The smallest absolute Gasteiger partial charge is 0.341 e. The maximum absolute atomic E-state index is 12.7. The average Bonchev–Trinajstić information content (AvgIpc) is 3.38. The van der Waals surface area contributed by atoms with Gasteiger partial charge in [0.15, 0.2) is 5.16 Å². The lowest BCUT2D eigenvalue weighted by molar-refractivity contribution is -0.113. The van der Waals surface area contributed by atoms with Crippen molar-refractivity contribution >= 4 is 40.0 Å². The Morgan fingerprint density at radius 1 is 1.16 bits per heavy atom.